The fraction of sp³-hybridized carbons (Fsp3) is 0.478. The highest BCUT2D eigenvalue weighted by Crippen LogP contribution is 2.28. The predicted octanol–water partition coefficient (Wildman–Crippen LogP) is 6.38. The summed E-state index contributed by atoms with van der Waals surface area (Å²) in [7, 11) is 0. The van der Waals surface area contributed by atoms with Gasteiger partial charge in [0.15, 0.2) is 0 Å². The Balaban J connectivity index is 1.94. The molecule has 23 heavy (non-hydrogen) atoms. The third kappa shape index (κ3) is 4.05. The molecule has 0 N–H and O–H groups in total. The lowest BCUT2D eigenvalue weighted by molar-refractivity contribution is 0.337. The van der Waals surface area contributed by atoms with Crippen LogP contribution in [0.2, 0.25) is 0 Å². The van der Waals surface area contributed by atoms with Gasteiger partial charge in [0, 0.05) is 5.92 Å². The molecule has 4 bridgehead atoms. The number of hydrogen-bond donors (Lipinski definition) is 0. The summed E-state index contributed by atoms with van der Waals surface area (Å²) in [5.74, 6) is 2.11. The van der Waals surface area contributed by atoms with Crippen LogP contribution in [0.5, 0.6) is 0 Å². The van der Waals surface area contributed by atoms with Gasteiger partial charge in [-0.3, -0.25) is 0 Å². The molecule has 0 radical (unpaired) electrons. The molecule has 122 valence electrons. The first kappa shape index (κ1) is 16.3. The Kier molecular flexibility index (Phi) is 5.20. The molecule has 0 saturated carbocycles. The van der Waals surface area contributed by atoms with E-state index in [0.717, 1.165) is 11.8 Å². The predicted molar refractivity (Wildman–Crippen MR) is 100.0 cm³/mol. The van der Waals surface area contributed by atoms with Crippen molar-refractivity contribution in [2.75, 3.05) is 0 Å². The number of fused-ring (bicyclic) bond motifs is 4. The Labute approximate surface area is 141 Å². The Morgan fingerprint density at radius 1 is 0.696 bits per heavy atom. The van der Waals surface area contributed by atoms with E-state index in [0.29, 0.717) is 5.92 Å². The Bertz CT molecular complexity index is 640. The Hall–Kier alpha value is -1.56. The molecule has 0 aromatic heterocycles. The van der Waals surface area contributed by atoms with Crippen molar-refractivity contribution in [3.8, 4) is 0 Å². The zero-order valence-electron chi connectivity index (χ0n) is 14.9. The molecule has 3 unspecified atom stereocenters. The van der Waals surface area contributed by atoms with E-state index in [4.69, 9.17) is 0 Å². The third-order valence-corrected chi connectivity index (χ3v) is 5.89. The van der Waals surface area contributed by atoms with E-state index in [-0.39, 0.29) is 0 Å². The number of rotatable bonds is 0. The zero-order valence-corrected chi connectivity index (χ0v) is 14.9. The van der Waals surface area contributed by atoms with Gasteiger partial charge in [-0.25, -0.2) is 0 Å². The van der Waals surface area contributed by atoms with Crippen LogP contribution in [0, 0.1) is 11.8 Å². The fourth-order valence-corrected chi connectivity index (χ4v) is 3.82. The van der Waals surface area contributed by atoms with Crippen LogP contribution in [0.15, 0.2) is 48.5 Å². The van der Waals surface area contributed by atoms with Crippen LogP contribution in [0.3, 0.4) is 0 Å². The molecule has 2 aromatic rings. The summed E-state index contributed by atoms with van der Waals surface area (Å²) in [6.45, 7) is 7.21. The van der Waals surface area contributed by atoms with Crippen molar-refractivity contribution in [2.24, 2.45) is 11.8 Å². The maximum atomic E-state index is 2.44. The second-order valence-electron chi connectivity index (χ2n) is 7.60. The molecule has 1 aliphatic rings. The highest BCUT2D eigenvalue weighted by atomic mass is 14.2. The smallest absolute Gasteiger partial charge is 0.00612 e. The minimum absolute atomic E-state index is 0.481. The van der Waals surface area contributed by atoms with Crippen LogP contribution >= 0.6 is 0 Å². The van der Waals surface area contributed by atoms with Crippen molar-refractivity contribution in [2.45, 2.75) is 58.8 Å². The van der Waals surface area contributed by atoms with E-state index < -0.39 is 0 Å². The van der Waals surface area contributed by atoms with Gasteiger partial charge in [0.05, 0.1) is 0 Å². The SMILES string of the molecule is CC1c2cccc(c2)CCCC(C)C(C)CCc2cccc1c2. The average Bonchev–Trinajstić information content (AvgIpc) is 2.58. The van der Waals surface area contributed by atoms with Crippen LogP contribution in [-0.4, -0.2) is 0 Å². The van der Waals surface area contributed by atoms with E-state index in [2.05, 4.69) is 69.3 Å². The van der Waals surface area contributed by atoms with Crippen molar-refractivity contribution in [1.82, 2.24) is 0 Å². The van der Waals surface area contributed by atoms with E-state index in [1.165, 1.54) is 54.4 Å². The topological polar surface area (TPSA) is 0 Å². The molecule has 0 heterocycles. The lowest BCUT2D eigenvalue weighted by Gasteiger charge is -2.21. The van der Waals surface area contributed by atoms with Crippen molar-refractivity contribution in [3.05, 3.63) is 70.8 Å². The summed E-state index contributed by atoms with van der Waals surface area (Å²) in [6.07, 6.45) is 6.41. The molecule has 0 nitrogen and oxygen atoms in total. The van der Waals surface area contributed by atoms with Gasteiger partial charge < -0.3 is 0 Å². The van der Waals surface area contributed by atoms with E-state index in [1.54, 1.807) is 0 Å². The van der Waals surface area contributed by atoms with E-state index in [9.17, 15) is 0 Å². The highest BCUT2D eigenvalue weighted by molar-refractivity contribution is 5.36. The summed E-state index contributed by atoms with van der Waals surface area (Å²) >= 11 is 0. The standard InChI is InChI=1S/C23H30/c1-17-7-4-8-20-9-5-11-22(15-20)19(3)23-12-6-10-21(16-23)14-13-18(17)2/h5-6,9-12,15-19H,4,7-8,13-14H2,1-3H3. The molecule has 3 rings (SSSR count). The molecule has 2 aromatic carbocycles. The quantitative estimate of drug-likeness (QED) is 0.530. The average molecular weight is 306 g/mol. The largest absolute Gasteiger partial charge is 0.0623 e. The van der Waals surface area contributed by atoms with Crippen LogP contribution in [0.25, 0.3) is 0 Å². The summed E-state index contributed by atoms with van der Waals surface area (Å²) in [5, 5.41) is 0. The normalized spacial score (nSPS) is 25.6. The summed E-state index contributed by atoms with van der Waals surface area (Å²) in [5.41, 5.74) is 5.92. The number of benzene rings is 2. The van der Waals surface area contributed by atoms with Crippen molar-refractivity contribution in [1.29, 1.82) is 0 Å². The lowest BCUT2D eigenvalue weighted by Crippen LogP contribution is -2.10. The number of aryl methyl sites for hydroxylation is 2. The van der Waals surface area contributed by atoms with Gasteiger partial charge in [0.2, 0.25) is 0 Å². The maximum absolute atomic E-state index is 2.44. The maximum Gasteiger partial charge on any atom is 0.00612 e. The van der Waals surface area contributed by atoms with Crippen molar-refractivity contribution in [3.63, 3.8) is 0 Å². The second-order valence-corrected chi connectivity index (χ2v) is 7.60. The Morgan fingerprint density at radius 2 is 1.26 bits per heavy atom. The van der Waals surface area contributed by atoms with Gasteiger partial charge in [-0.15, -0.1) is 0 Å². The minimum Gasteiger partial charge on any atom is -0.0623 e. The second kappa shape index (κ2) is 7.34. The third-order valence-electron chi connectivity index (χ3n) is 5.89. The first-order valence-electron chi connectivity index (χ1n) is 9.31. The van der Waals surface area contributed by atoms with Crippen LogP contribution in [0.1, 0.15) is 68.2 Å². The summed E-state index contributed by atoms with van der Waals surface area (Å²) in [6, 6.07) is 18.5. The fourth-order valence-electron chi connectivity index (χ4n) is 3.82. The number of hydrogen-bond acceptors (Lipinski definition) is 0. The first-order chi connectivity index (χ1) is 11.1. The molecule has 3 atom stereocenters. The first-order valence-corrected chi connectivity index (χ1v) is 9.31. The van der Waals surface area contributed by atoms with Crippen LogP contribution in [-0.2, 0) is 12.8 Å². The minimum atomic E-state index is 0.481. The van der Waals surface area contributed by atoms with Crippen LogP contribution < -0.4 is 0 Å². The van der Waals surface area contributed by atoms with Gasteiger partial charge in [-0.1, -0.05) is 75.7 Å². The summed E-state index contributed by atoms with van der Waals surface area (Å²) < 4.78 is 0. The van der Waals surface area contributed by atoms with Gasteiger partial charge in [0.1, 0.15) is 0 Å². The zero-order chi connectivity index (χ0) is 16.2. The summed E-state index contributed by atoms with van der Waals surface area (Å²) in [4.78, 5) is 0. The lowest BCUT2D eigenvalue weighted by atomic mass is 9.84. The van der Waals surface area contributed by atoms with Gasteiger partial charge in [-0.2, -0.15) is 0 Å². The molecular formula is C23H30. The Morgan fingerprint density at radius 3 is 1.91 bits per heavy atom. The molecule has 1 aliphatic carbocycles. The van der Waals surface area contributed by atoms with Crippen LogP contribution in [0.4, 0.5) is 0 Å². The van der Waals surface area contributed by atoms with Gasteiger partial charge >= 0.3 is 0 Å². The highest BCUT2D eigenvalue weighted by Gasteiger charge is 2.15. The molecule has 0 amide bonds. The van der Waals surface area contributed by atoms with E-state index in [1.807, 2.05) is 0 Å². The van der Waals surface area contributed by atoms with Gasteiger partial charge in [0.25, 0.3) is 0 Å². The molecule has 0 spiro atoms. The van der Waals surface area contributed by atoms with Crippen molar-refractivity contribution >= 4 is 0 Å². The monoisotopic (exact) mass is 306 g/mol. The molecule has 0 saturated heterocycles. The molecular weight excluding hydrogens is 276 g/mol. The van der Waals surface area contributed by atoms with Crippen molar-refractivity contribution < 1.29 is 0 Å². The van der Waals surface area contributed by atoms with E-state index >= 15 is 0 Å². The molecule has 0 aliphatic heterocycles. The molecule has 0 heteroatoms. The molecule has 0 fully saturated rings. The van der Waals surface area contributed by atoms with Gasteiger partial charge in [-0.05, 0) is 59.8 Å².